The standard InChI is InChI=1S/C47H50FN9O5S/c1-28-24-35(25-29(2)42(28)48)51-43(56-20-19-55(46(56)59)36-7-9-37(10-8-36)63(60)23-5-17-50-63)41-30(3)54(18-12-38(41)49)44(58)40-27-34-26-33(32-13-21-61-22-14-32)6-11-39(34)57(40)47(15-16-47)45-53-52-31(4)62-45/h6-11,19-20,24-27,30,32H,5,12-18,21-23,49H2,1-4H3/t30-,63?/m0/s1. The van der Waals surface area contributed by atoms with Crippen LogP contribution in [0.4, 0.5) is 10.1 Å². The second-order valence-electron chi connectivity index (χ2n) is 17.3. The third-order valence-corrected chi connectivity index (χ3v) is 15.6. The number of hydrogen-bond acceptors (Lipinski definition) is 10. The largest absolute Gasteiger partial charge is 0.423 e. The maximum Gasteiger partial charge on any atom is 0.338 e. The smallest absolute Gasteiger partial charge is 0.338 e. The van der Waals surface area contributed by atoms with E-state index < -0.39 is 27.0 Å². The predicted octanol–water partition coefficient (Wildman–Crippen LogP) is 7.43. The van der Waals surface area contributed by atoms with Crippen molar-refractivity contribution >= 4 is 38.1 Å². The van der Waals surface area contributed by atoms with Crippen molar-refractivity contribution in [3.63, 3.8) is 0 Å². The summed E-state index contributed by atoms with van der Waals surface area (Å²) in [5.41, 5.74) is 11.2. The number of hydrogen-bond donors (Lipinski definition) is 1. The molecule has 2 atom stereocenters. The van der Waals surface area contributed by atoms with Crippen molar-refractivity contribution in [3.05, 3.63) is 135 Å². The fraction of sp³-hybridized carbons (Fsp3) is 0.383. The molecule has 0 spiro atoms. The van der Waals surface area contributed by atoms with E-state index in [1.54, 1.807) is 74.5 Å². The molecule has 1 saturated heterocycles. The Balaban J connectivity index is 1.07. The van der Waals surface area contributed by atoms with Crippen LogP contribution in [-0.2, 0) is 20.0 Å². The Bertz CT molecular complexity index is 3040. The number of nitrogens with two attached hydrogens (primary N) is 1. The second-order valence-corrected chi connectivity index (χ2v) is 19.7. The molecule has 6 aromatic rings. The summed E-state index contributed by atoms with van der Waals surface area (Å²) >= 11 is 0. The Labute approximate surface area is 364 Å². The van der Waals surface area contributed by atoms with Gasteiger partial charge in [-0.1, -0.05) is 6.07 Å². The van der Waals surface area contributed by atoms with Crippen LogP contribution in [0.15, 0.2) is 108 Å². The number of rotatable bonds is 8. The number of ether oxygens (including phenoxy) is 1. The van der Waals surface area contributed by atoms with Crippen molar-refractivity contribution < 1.29 is 22.5 Å². The molecule has 1 unspecified atom stereocenters. The number of imidazole rings is 1. The zero-order valence-electron chi connectivity index (χ0n) is 35.8. The van der Waals surface area contributed by atoms with Crippen molar-refractivity contribution in [1.82, 2.24) is 28.8 Å². The molecule has 3 aromatic heterocycles. The maximum atomic E-state index is 15.4. The number of carbonyl (C=O) groups excluding carboxylic acids is 1. The van der Waals surface area contributed by atoms with Gasteiger partial charge in [-0.15, -0.1) is 10.2 Å². The Morgan fingerprint density at radius 1 is 0.984 bits per heavy atom. The lowest BCUT2D eigenvalue weighted by Crippen LogP contribution is -2.48. The van der Waals surface area contributed by atoms with Gasteiger partial charge in [-0.3, -0.25) is 13.9 Å². The fourth-order valence-electron chi connectivity index (χ4n) is 9.66. The number of aryl methyl sites for hydroxylation is 3. The molecule has 63 heavy (non-hydrogen) atoms. The van der Waals surface area contributed by atoms with Gasteiger partial charge in [0.2, 0.25) is 11.8 Å². The fourth-order valence-corrected chi connectivity index (χ4v) is 11.7. The number of aromatic nitrogens is 5. The highest BCUT2D eigenvalue weighted by Gasteiger charge is 2.53. The first-order chi connectivity index (χ1) is 30.3. The molecule has 3 aromatic carbocycles. The molecule has 10 rings (SSSR count). The van der Waals surface area contributed by atoms with Gasteiger partial charge in [-0.2, -0.15) is 0 Å². The van der Waals surface area contributed by atoms with Crippen LogP contribution in [0.3, 0.4) is 0 Å². The summed E-state index contributed by atoms with van der Waals surface area (Å²) in [6.07, 6.45) is 7.67. The zero-order valence-corrected chi connectivity index (χ0v) is 36.7. The molecule has 3 aliphatic heterocycles. The molecule has 2 fully saturated rings. The Kier molecular flexibility index (Phi) is 10.1. The van der Waals surface area contributed by atoms with Gasteiger partial charge in [0.25, 0.3) is 5.91 Å². The van der Waals surface area contributed by atoms with E-state index in [2.05, 4.69) is 37.3 Å². The number of amides is 1. The molecule has 4 aliphatic rings. The average Bonchev–Trinajstić information content (AvgIpc) is 3.62. The molecule has 1 amide bonds. The summed E-state index contributed by atoms with van der Waals surface area (Å²) < 4.78 is 49.4. The van der Waals surface area contributed by atoms with Gasteiger partial charge in [0.05, 0.1) is 27.1 Å². The van der Waals surface area contributed by atoms with Crippen molar-refractivity contribution in [3.8, 4) is 5.69 Å². The monoisotopic (exact) mass is 871 g/mol. The number of aliphatic imine (C=N–C) groups is 1. The lowest BCUT2D eigenvalue weighted by atomic mass is 9.91. The van der Waals surface area contributed by atoms with Crippen molar-refractivity contribution in [2.75, 3.05) is 32.1 Å². The molecule has 2 N–H and O–H groups in total. The van der Waals surface area contributed by atoms with Crippen LogP contribution in [0.25, 0.3) is 16.6 Å². The van der Waals surface area contributed by atoms with E-state index in [9.17, 15) is 13.4 Å². The predicted molar refractivity (Wildman–Crippen MR) is 238 cm³/mol. The van der Waals surface area contributed by atoms with E-state index in [1.807, 2.05) is 13.0 Å². The van der Waals surface area contributed by atoms with E-state index >= 15 is 4.79 Å². The molecule has 16 heteroatoms. The van der Waals surface area contributed by atoms with E-state index in [4.69, 9.17) is 19.9 Å². The second kappa shape index (κ2) is 15.6. The summed E-state index contributed by atoms with van der Waals surface area (Å²) in [6, 6.07) is 18.1. The van der Waals surface area contributed by atoms with E-state index in [1.165, 1.54) is 14.7 Å². The van der Waals surface area contributed by atoms with Crippen molar-refractivity contribution in [2.24, 2.45) is 15.1 Å². The number of nitrogens with zero attached hydrogens (tertiary/aromatic N) is 8. The molecule has 326 valence electrons. The van der Waals surface area contributed by atoms with Crippen LogP contribution in [0, 0.1) is 26.6 Å². The minimum Gasteiger partial charge on any atom is -0.423 e. The summed E-state index contributed by atoms with van der Waals surface area (Å²) in [7, 11) is -2.47. The SMILES string of the molecule is Cc1nnc(C2(n3c(C(=O)N4CCC(N)=C(C(=Nc5cc(C)c(F)c(C)c5)n5ccn(-c6ccc(S7(=O)=NCCC7)cc6)c5=O)[C@@H]4C)cc4cc(C5CCOCC5)ccc43)CC2)o1. The van der Waals surface area contributed by atoms with Gasteiger partial charge in [0.15, 0.2) is 0 Å². The lowest BCUT2D eigenvalue weighted by Gasteiger charge is -2.37. The number of benzene rings is 3. The lowest BCUT2D eigenvalue weighted by molar-refractivity contribution is 0.0697. The van der Waals surface area contributed by atoms with Gasteiger partial charge in [-0.05, 0) is 130 Å². The highest BCUT2D eigenvalue weighted by atomic mass is 32.2. The first-order valence-corrected chi connectivity index (χ1v) is 23.3. The zero-order chi connectivity index (χ0) is 43.8. The highest BCUT2D eigenvalue weighted by Crippen LogP contribution is 2.52. The molecule has 0 bridgehead atoms. The van der Waals surface area contributed by atoms with Crippen LogP contribution in [0.2, 0.25) is 0 Å². The normalized spacial score (nSPS) is 21.6. The maximum absolute atomic E-state index is 15.4. The van der Waals surface area contributed by atoms with E-state index in [-0.39, 0.29) is 17.6 Å². The Morgan fingerprint density at radius 3 is 2.40 bits per heavy atom. The summed E-state index contributed by atoms with van der Waals surface area (Å²) in [6.45, 7) is 9.33. The average molecular weight is 872 g/mol. The topological polar surface area (TPSA) is 168 Å². The molecule has 6 heterocycles. The number of fused-ring (bicyclic) bond motifs is 1. The minimum atomic E-state index is -2.47. The molecular weight excluding hydrogens is 822 g/mol. The van der Waals surface area contributed by atoms with Crippen LogP contribution < -0.4 is 11.4 Å². The first-order valence-electron chi connectivity index (χ1n) is 21.7. The molecular formula is C47H50FN9O5S. The molecule has 14 nitrogen and oxygen atoms in total. The highest BCUT2D eigenvalue weighted by molar-refractivity contribution is 7.93. The van der Waals surface area contributed by atoms with Crippen LogP contribution in [-0.4, -0.2) is 82.8 Å². The van der Waals surface area contributed by atoms with Gasteiger partial charge < -0.3 is 24.4 Å². The van der Waals surface area contributed by atoms with E-state index in [0.717, 1.165) is 56.2 Å². The summed E-state index contributed by atoms with van der Waals surface area (Å²) in [4.78, 5) is 37.4. The minimum absolute atomic E-state index is 0.219. The molecule has 1 saturated carbocycles. The van der Waals surface area contributed by atoms with Crippen molar-refractivity contribution in [1.29, 1.82) is 0 Å². The third-order valence-electron chi connectivity index (χ3n) is 13.2. The first kappa shape index (κ1) is 40.9. The van der Waals surface area contributed by atoms with Crippen LogP contribution in [0.1, 0.15) is 90.3 Å². The summed E-state index contributed by atoms with van der Waals surface area (Å²) in [5.74, 6) is 1.46. The Morgan fingerprint density at radius 2 is 1.73 bits per heavy atom. The van der Waals surface area contributed by atoms with Gasteiger partial charge in [-0.25, -0.2) is 22.7 Å². The van der Waals surface area contributed by atoms with Gasteiger partial charge in [0, 0.05) is 84.9 Å². The quantitative estimate of drug-likeness (QED) is 0.122. The van der Waals surface area contributed by atoms with Crippen LogP contribution >= 0.6 is 0 Å². The number of halogens is 1. The third kappa shape index (κ3) is 7.03. The Hall–Kier alpha value is -6.13. The van der Waals surface area contributed by atoms with Crippen molar-refractivity contribution in [2.45, 2.75) is 88.6 Å². The summed E-state index contributed by atoms with van der Waals surface area (Å²) in [5, 5.41) is 9.57. The molecule has 1 aliphatic carbocycles. The van der Waals surface area contributed by atoms with E-state index in [0.29, 0.717) is 87.3 Å². The number of carbonyl (C=O) groups is 1. The van der Waals surface area contributed by atoms with Gasteiger partial charge in [0.1, 0.15) is 22.9 Å². The van der Waals surface area contributed by atoms with Crippen LogP contribution in [0.5, 0.6) is 0 Å². The van der Waals surface area contributed by atoms with Gasteiger partial charge >= 0.3 is 5.69 Å². The molecule has 0 radical (unpaired) electrons.